The van der Waals surface area contributed by atoms with Crippen LogP contribution in [-0.2, 0) is 0 Å². The molecule has 3 heterocycles. The van der Waals surface area contributed by atoms with Gasteiger partial charge in [0.2, 0.25) is 0 Å². The first-order valence-corrected chi connectivity index (χ1v) is 9.92. The van der Waals surface area contributed by atoms with Gasteiger partial charge < -0.3 is 14.5 Å². The number of piperidine rings is 1. The monoisotopic (exact) mass is 386 g/mol. The number of H-pyrrole nitrogens is 1. The molecule has 0 saturated carbocycles. The van der Waals surface area contributed by atoms with E-state index in [4.69, 9.17) is 0 Å². The first-order valence-electron chi connectivity index (χ1n) is 9.92. The van der Waals surface area contributed by atoms with E-state index in [-0.39, 0.29) is 17.6 Å². The van der Waals surface area contributed by atoms with Crippen LogP contribution in [0.2, 0.25) is 0 Å². The molecule has 5 rings (SSSR count). The average Bonchev–Trinajstić information content (AvgIpc) is 3.41. The summed E-state index contributed by atoms with van der Waals surface area (Å²) in [4.78, 5) is 30.2. The minimum atomic E-state index is -0.0726. The van der Waals surface area contributed by atoms with Crippen LogP contribution in [0.1, 0.15) is 29.2 Å². The van der Waals surface area contributed by atoms with Crippen LogP contribution in [0.15, 0.2) is 77.9 Å². The smallest absolute Gasteiger partial charge is 0.326 e. The summed E-state index contributed by atoms with van der Waals surface area (Å²) in [6, 6.07) is 19.5. The molecule has 6 nitrogen and oxygen atoms in total. The Bertz CT molecular complexity index is 1190. The predicted molar refractivity (Wildman–Crippen MR) is 113 cm³/mol. The van der Waals surface area contributed by atoms with Crippen LogP contribution < -0.4 is 5.69 Å². The molecule has 1 aliphatic heterocycles. The van der Waals surface area contributed by atoms with Crippen molar-refractivity contribution >= 4 is 16.9 Å². The van der Waals surface area contributed by atoms with E-state index in [9.17, 15) is 9.59 Å². The molecular weight excluding hydrogens is 364 g/mol. The number of aromatic nitrogens is 3. The molecule has 0 radical (unpaired) electrons. The summed E-state index contributed by atoms with van der Waals surface area (Å²) in [6.07, 6.45) is 5.51. The summed E-state index contributed by atoms with van der Waals surface area (Å²) in [5.74, 6) is 0.0498. The molecule has 1 aliphatic rings. The average molecular weight is 386 g/mol. The van der Waals surface area contributed by atoms with E-state index in [2.05, 4.69) is 4.98 Å². The molecule has 146 valence electrons. The van der Waals surface area contributed by atoms with Gasteiger partial charge in [-0.2, -0.15) is 0 Å². The molecule has 1 fully saturated rings. The highest BCUT2D eigenvalue weighted by Gasteiger charge is 2.26. The molecule has 0 bridgehead atoms. The van der Waals surface area contributed by atoms with Crippen molar-refractivity contribution in [2.24, 2.45) is 0 Å². The Morgan fingerprint density at radius 1 is 0.897 bits per heavy atom. The van der Waals surface area contributed by atoms with Crippen LogP contribution in [0.4, 0.5) is 0 Å². The number of amides is 1. The Hall–Kier alpha value is -3.54. The number of carbonyl (C=O) groups excluding carboxylic acids is 1. The molecule has 4 aromatic rings. The molecule has 2 aromatic heterocycles. The Labute approximate surface area is 168 Å². The highest BCUT2D eigenvalue weighted by Crippen LogP contribution is 2.25. The Morgan fingerprint density at radius 2 is 1.59 bits per heavy atom. The van der Waals surface area contributed by atoms with Gasteiger partial charge in [0.15, 0.2) is 0 Å². The van der Waals surface area contributed by atoms with Crippen molar-refractivity contribution in [3.8, 4) is 5.69 Å². The van der Waals surface area contributed by atoms with E-state index >= 15 is 0 Å². The summed E-state index contributed by atoms with van der Waals surface area (Å²) in [7, 11) is 0. The topological polar surface area (TPSA) is 63.0 Å². The largest absolute Gasteiger partial charge is 0.338 e. The highest BCUT2D eigenvalue weighted by atomic mass is 16.2. The van der Waals surface area contributed by atoms with Crippen molar-refractivity contribution in [2.45, 2.75) is 18.9 Å². The Kier molecular flexibility index (Phi) is 4.31. The molecule has 0 unspecified atom stereocenters. The van der Waals surface area contributed by atoms with Gasteiger partial charge in [0, 0.05) is 42.8 Å². The number of para-hydroxylation sites is 2. The first-order chi connectivity index (χ1) is 14.2. The van der Waals surface area contributed by atoms with Gasteiger partial charge in [0.1, 0.15) is 0 Å². The molecule has 2 aromatic carbocycles. The summed E-state index contributed by atoms with van der Waals surface area (Å²) in [5.41, 5.74) is 3.45. The summed E-state index contributed by atoms with van der Waals surface area (Å²) in [6.45, 7) is 1.30. The van der Waals surface area contributed by atoms with Crippen LogP contribution in [-0.4, -0.2) is 38.0 Å². The number of nitrogens with zero attached hydrogens (tertiary/aromatic N) is 3. The van der Waals surface area contributed by atoms with E-state index < -0.39 is 0 Å². The number of likely N-dealkylation sites (tertiary alicyclic amines) is 1. The van der Waals surface area contributed by atoms with Crippen molar-refractivity contribution in [1.82, 2.24) is 19.0 Å². The van der Waals surface area contributed by atoms with Gasteiger partial charge in [-0.15, -0.1) is 0 Å². The minimum Gasteiger partial charge on any atom is -0.338 e. The fourth-order valence-electron chi connectivity index (χ4n) is 4.23. The fourth-order valence-corrected chi connectivity index (χ4v) is 4.23. The number of aromatic amines is 1. The lowest BCUT2D eigenvalue weighted by atomic mass is 10.0. The fraction of sp³-hybridized carbons (Fsp3) is 0.217. The standard InChI is InChI=1S/C23H22N4O2/c28-22(17-7-9-18(10-8-17)25-13-3-4-14-25)26-15-11-19(12-16-26)27-21-6-2-1-5-20(21)24-23(27)29/h1-10,13-14,19H,11-12,15-16H2,(H,24,29). The van der Waals surface area contributed by atoms with Crippen molar-refractivity contribution in [1.29, 1.82) is 0 Å². The lowest BCUT2D eigenvalue weighted by Crippen LogP contribution is -2.40. The molecule has 0 spiro atoms. The number of benzene rings is 2. The van der Waals surface area contributed by atoms with E-state index in [1.165, 1.54) is 0 Å². The molecule has 29 heavy (non-hydrogen) atoms. The van der Waals surface area contributed by atoms with Crippen molar-refractivity contribution < 1.29 is 4.79 Å². The molecule has 0 aliphatic carbocycles. The second kappa shape index (κ2) is 7.13. The van der Waals surface area contributed by atoms with Crippen LogP contribution in [0.3, 0.4) is 0 Å². The maximum Gasteiger partial charge on any atom is 0.326 e. The van der Waals surface area contributed by atoms with Gasteiger partial charge in [-0.1, -0.05) is 12.1 Å². The van der Waals surface area contributed by atoms with Crippen LogP contribution in [0.25, 0.3) is 16.7 Å². The predicted octanol–water partition coefficient (Wildman–Crippen LogP) is 3.60. The maximum atomic E-state index is 12.9. The number of fused-ring (bicyclic) bond motifs is 1. The van der Waals surface area contributed by atoms with Gasteiger partial charge in [-0.05, 0) is 61.4 Å². The summed E-state index contributed by atoms with van der Waals surface area (Å²) >= 11 is 0. The number of nitrogens with one attached hydrogen (secondary N) is 1. The second-order valence-electron chi connectivity index (χ2n) is 7.48. The third-order valence-electron chi connectivity index (χ3n) is 5.76. The van der Waals surface area contributed by atoms with Crippen molar-refractivity contribution in [2.75, 3.05) is 13.1 Å². The highest BCUT2D eigenvalue weighted by molar-refractivity contribution is 5.94. The normalized spacial score (nSPS) is 15.1. The zero-order valence-electron chi connectivity index (χ0n) is 16.0. The van der Waals surface area contributed by atoms with Gasteiger partial charge in [0.05, 0.1) is 11.0 Å². The molecule has 1 amide bonds. The SMILES string of the molecule is O=C(c1ccc(-n2cccc2)cc1)N1CCC(n2c(=O)[nH]c3ccccc32)CC1. The van der Waals surface area contributed by atoms with Crippen molar-refractivity contribution in [3.05, 3.63) is 89.1 Å². The number of rotatable bonds is 3. The maximum absolute atomic E-state index is 12.9. The van der Waals surface area contributed by atoms with E-state index in [1.54, 1.807) is 0 Å². The molecule has 0 atom stereocenters. The van der Waals surface area contributed by atoms with Gasteiger partial charge in [-0.25, -0.2) is 4.79 Å². The molecule has 6 heteroatoms. The number of imidazole rings is 1. The quantitative estimate of drug-likeness (QED) is 0.585. The minimum absolute atomic E-state index is 0.0498. The Morgan fingerprint density at radius 3 is 2.31 bits per heavy atom. The number of carbonyl (C=O) groups is 1. The van der Waals surface area contributed by atoms with Crippen LogP contribution >= 0.6 is 0 Å². The summed E-state index contributed by atoms with van der Waals surface area (Å²) < 4.78 is 3.86. The van der Waals surface area contributed by atoms with E-state index in [0.717, 1.165) is 29.6 Å². The van der Waals surface area contributed by atoms with Gasteiger partial charge in [0.25, 0.3) is 5.91 Å². The van der Waals surface area contributed by atoms with E-state index in [0.29, 0.717) is 18.7 Å². The van der Waals surface area contributed by atoms with E-state index in [1.807, 2.05) is 87.1 Å². The van der Waals surface area contributed by atoms with Crippen LogP contribution in [0.5, 0.6) is 0 Å². The summed E-state index contributed by atoms with van der Waals surface area (Å²) in [5, 5.41) is 0. The Balaban J connectivity index is 1.29. The lowest BCUT2D eigenvalue weighted by molar-refractivity contribution is 0.0695. The first kappa shape index (κ1) is 17.6. The zero-order chi connectivity index (χ0) is 19.8. The molecule has 1 saturated heterocycles. The number of hydrogen-bond donors (Lipinski definition) is 1. The van der Waals surface area contributed by atoms with Gasteiger partial charge in [-0.3, -0.25) is 9.36 Å². The molecule has 1 N–H and O–H groups in total. The molecular formula is C23H22N4O2. The third kappa shape index (κ3) is 3.16. The second-order valence-corrected chi connectivity index (χ2v) is 7.48. The van der Waals surface area contributed by atoms with Gasteiger partial charge >= 0.3 is 5.69 Å². The third-order valence-corrected chi connectivity index (χ3v) is 5.76. The van der Waals surface area contributed by atoms with Crippen molar-refractivity contribution in [3.63, 3.8) is 0 Å². The van der Waals surface area contributed by atoms with Crippen LogP contribution in [0, 0.1) is 0 Å². The lowest BCUT2D eigenvalue weighted by Gasteiger charge is -2.32. The zero-order valence-corrected chi connectivity index (χ0v) is 16.0. The number of hydrogen-bond acceptors (Lipinski definition) is 2.